The van der Waals surface area contributed by atoms with E-state index in [0.29, 0.717) is 29.4 Å². The van der Waals surface area contributed by atoms with Crippen molar-refractivity contribution < 1.29 is 24.1 Å². The first-order chi connectivity index (χ1) is 12.7. The molecule has 0 saturated heterocycles. The van der Waals surface area contributed by atoms with Crippen LogP contribution in [0.4, 0.5) is 0 Å². The number of fused-ring (bicyclic) bond motifs is 2. The van der Waals surface area contributed by atoms with Gasteiger partial charge in [0.15, 0.2) is 17.6 Å². The standard InChI is InChI=1S/C21H18O5/c1-2-24-17-12-11-13-7-3-4-8-14(13)18(17)19-20(21(22)23)26-16-10-6-5-9-15(16)25-19/h3-12,19-20H,2H2,1H3,(H,22,23). The van der Waals surface area contributed by atoms with Crippen LogP contribution in [0, 0.1) is 0 Å². The SMILES string of the molecule is CCOc1ccc2ccccc2c1C1Oc2ccccc2OC1C(=O)O. The minimum Gasteiger partial charge on any atom is -0.493 e. The second-order valence-corrected chi connectivity index (χ2v) is 5.99. The summed E-state index contributed by atoms with van der Waals surface area (Å²) in [4.78, 5) is 11.9. The first kappa shape index (κ1) is 16.3. The summed E-state index contributed by atoms with van der Waals surface area (Å²) in [5.41, 5.74) is 0.687. The third-order valence-corrected chi connectivity index (χ3v) is 4.39. The molecule has 5 nitrogen and oxygen atoms in total. The van der Waals surface area contributed by atoms with Gasteiger partial charge in [0.1, 0.15) is 5.75 Å². The van der Waals surface area contributed by atoms with Crippen LogP contribution >= 0.6 is 0 Å². The van der Waals surface area contributed by atoms with Gasteiger partial charge in [0, 0.05) is 5.56 Å². The number of carboxylic acids is 1. The van der Waals surface area contributed by atoms with Crippen LogP contribution in [-0.4, -0.2) is 23.8 Å². The number of carbonyl (C=O) groups is 1. The van der Waals surface area contributed by atoms with Gasteiger partial charge in [-0.1, -0.05) is 42.5 Å². The Morgan fingerprint density at radius 1 is 1.00 bits per heavy atom. The molecule has 26 heavy (non-hydrogen) atoms. The van der Waals surface area contributed by atoms with Gasteiger partial charge in [-0.2, -0.15) is 0 Å². The van der Waals surface area contributed by atoms with E-state index in [9.17, 15) is 9.90 Å². The van der Waals surface area contributed by atoms with Crippen LogP contribution in [0.1, 0.15) is 18.6 Å². The van der Waals surface area contributed by atoms with Crippen molar-refractivity contribution in [2.75, 3.05) is 6.61 Å². The molecular weight excluding hydrogens is 332 g/mol. The zero-order chi connectivity index (χ0) is 18.1. The van der Waals surface area contributed by atoms with Crippen molar-refractivity contribution in [1.82, 2.24) is 0 Å². The molecule has 0 aliphatic carbocycles. The highest BCUT2D eigenvalue weighted by molar-refractivity contribution is 5.89. The second kappa shape index (κ2) is 6.59. The Balaban J connectivity index is 1.92. The van der Waals surface area contributed by atoms with Crippen LogP contribution in [0.15, 0.2) is 60.7 Å². The van der Waals surface area contributed by atoms with E-state index < -0.39 is 18.2 Å². The molecule has 0 saturated carbocycles. The molecule has 2 unspecified atom stereocenters. The molecule has 0 amide bonds. The molecule has 0 bridgehead atoms. The molecule has 3 aromatic carbocycles. The Hall–Kier alpha value is -3.21. The highest BCUT2D eigenvalue weighted by Gasteiger charge is 2.40. The fourth-order valence-electron chi connectivity index (χ4n) is 3.28. The monoisotopic (exact) mass is 350 g/mol. The van der Waals surface area contributed by atoms with E-state index in [2.05, 4.69) is 0 Å². The smallest absolute Gasteiger partial charge is 0.349 e. The van der Waals surface area contributed by atoms with Crippen LogP contribution in [0.3, 0.4) is 0 Å². The number of ether oxygens (including phenoxy) is 3. The normalized spacial score (nSPS) is 18.5. The van der Waals surface area contributed by atoms with Gasteiger partial charge < -0.3 is 19.3 Å². The fraction of sp³-hybridized carbons (Fsp3) is 0.190. The number of para-hydroxylation sites is 2. The van der Waals surface area contributed by atoms with E-state index in [0.717, 1.165) is 10.8 Å². The summed E-state index contributed by atoms with van der Waals surface area (Å²) in [5, 5.41) is 11.6. The predicted octanol–water partition coefficient (Wildman–Crippen LogP) is 4.20. The minimum absolute atomic E-state index is 0.425. The molecule has 0 radical (unpaired) electrons. The Bertz CT molecular complexity index is 966. The molecule has 1 heterocycles. The molecular formula is C21H18O5. The largest absolute Gasteiger partial charge is 0.493 e. The third-order valence-electron chi connectivity index (χ3n) is 4.39. The zero-order valence-corrected chi connectivity index (χ0v) is 14.2. The number of carboxylic acid groups (broad SMARTS) is 1. The molecule has 1 aliphatic rings. The maximum Gasteiger partial charge on any atom is 0.349 e. The zero-order valence-electron chi connectivity index (χ0n) is 14.2. The molecule has 0 spiro atoms. The van der Waals surface area contributed by atoms with Gasteiger partial charge in [-0.15, -0.1) is 0 Å². The summed E-state index contributed by atoms with van der Waals surface area (Å²) in [5.74, 6) is 0.463. The Labute approximate surface area is 150 Å². The van der Waals surface area contributed by atoms with E-state index in [1.165, 1.54) is 0 Å². The second-order valence-electron chi connectivity index (χ2n) is 5.99. The Kier molecular flexibility index (Phi) is 4.13. The molecule has 4 rings (SSSR count). The summed E-state index contributed by atoms with van der Waals surface area (Å²) in [7, 11) is 0. The summed E-state index contributed by atoms with van der Waals surface area (Å²) in [6.07, 6.45) is -2.00. The lowest BCUT2D eigenvalue weighted by Crippen LogP contribution is -2.39. The van der Waals surface area contributed by atoms with Crippen molar-refractivity contribution in [3.8, 4) is 17.2 Å². The highest BCUT2D eigenvalue weighted by atomic mass is 16.6. The van der Waals surface area contributed by atoms with E-state index in [1.807, 2.05) is 49.4 Å². The van der Waals surface area contributed by atoms with Gasteiger partial charge in [-0.3, -0.25) is 0 Å². The summed E-state index contributed by atoms with van der Waals surface area (Å²) in [6, 6.07) is 18.7. The van der Waals surface area contributed by atoms with Crippen molar-refractivity contribution in [2.45, 2.75) is 19.1 Å². The van der Waals surface area contributed by atoms with Gasteiger partial charge in [0.25, 0.3) is 0 Å². The van der Waals surface area contributed by atoms with Crippen molar-refractivity contribution in [3.05, 3.63) is 66.2 Å². The van der Waals surface area contributed by atoms with Crippen LogP contribution < -0.4 is 14.2 Å². The molecule has 3 aromatic rings. The fourth-order valence-corrected chi connectivity index (χ4v) is 3.28. The number of rotatable bonds is 4. The van der Waals surface area contributed by atoms with E-state index in [1.54, 1.807) is 18.2 Å². The summed E-state index contributed by atoms with van der Waals surface area (Å²) >= 11 is 0. The maximum atomic E-state index is 11.9. The van der Waals surface area contributed by atoms with Crippen molar-refractivity contribution in [2.24, 2.45) is 0 Å². The lowest BCUT2D eigenvalue weighted by molar-refractivity contribution is -0.151. The first-order valence-corrected chi connectivity index (χ1v) is 8.48. The quantitative estimate of drug-likeness (QED) is 0.764. The predicted molar refractivity (Wildman–Crippen MR) is 97.0 cm³/mol. The summed E-state index contributed by atoms with van der Waals surface area (Å²) in [6.45, 7) is 2.36. The highest BCUT2D eigenvalue weighted by Crippen LogP contribution is 2.44. The topological polar surface area (TPSA) is 65.0 Å². The Morgan fingerprint density at radius 3 is 2.42 bits per heavy atom. The Morgan fingerprint density at radius 2 is 1.69 bits per heavy atom. The number of hydrogen-bond acceptors (Lipinski definition) is 4. The lowest BCUT2D eigenvalue weighted by atomic mass is 9.95. The molecule has 1 N–H and O–H groups in total. The maximum absolute atomic E-state index is 11.9. The molecule has 5 heteroatoms. The summed E-state index contributed by atoms with van der Waals surface area (Å²) < 4.78 is 17.6. The lowest BCUT2D eigenvalue weighted by Gasteiger charge is -2.33. The van der Waals surface area contributed by atoms with Gasteiger partial charge in [-0.05, 0) is 35.9 Å². The van der Waals surface area contributed by atoms with Crippen molar-refractivity contribution >= 4 is 16.7 Å². The van der Waals surface area contributed by atoms with Gasteiger partial charge in [0.05, 0.1) is 6.61 Å². The minimum atomic E-state index is -1.17. The van der Waals surface area contributed by atoms with Gasteiger partial charge >= 0.3 is 5.97 Å². The van der Waals surface area contributed by atoms with E-state index in [-0.39, 0.29) is 0 Å². The molecule has 1 aliphatic heterocycles. The molecule has 2 atom stereocenters. The third kappa shape index (κ3) is 2.71. The average Bonchev–Trinajstić information content (AvgIpc) is 2.67. The number of aliphatic carboxylic acids is 1. The molecule has 0 fully saturated rings. The number of benzene rings is 3. The van der Waals surface area contributed by atoms with Crippen molar-refractivity contribution in [1.29, 1.82) is 0 Å². The van der Waals surface area contributed by atoms with Gasteiger partial charge in [-0.25, -0.2) is 4.79 Å². The van der Waals surface area contributed by atoms with Crippen LogP contribution in [-0.2, 0) is 4.79 Å². The van der Waals surface area contributed by atoms with Crippen LogP contribution in [0.25, 0.3) is 10.8 Å². The average molecular weight is 350 g/mol. The van der Waals surface area contributed by atoms with Crippen LogP contribution in [0.5, 0.6) is 17.2 Å². The van der Waals surface area contributed by atoms with E-state index in [4.69, 9.17) is 14.2 Å². The van der Waals surface area contributed by atoms with Crippen molar-refractivity contribution in [3.63, 3.8) is 0 Å². The number of hydrogen-bond donors (Lipinski definition) is 1. The molecule has 132 valence electrons. The van der Waals surface area contributed by atoms with E-state index >= 15 is 0 Å². The van der Waals surface area contributed by atoms with Crippen LogP contribution in [0.2, 0.25) is 0 Å². The van der Waals surface area contributed by atoms with Gasteiger partial charge in [0.2, 0.25) is 6.10 Å². The first-order valence-electron chi connectivity index (χ1n) is 8.48. The molecule has 0 aromatic heterocycles.